The number of carbonyl (C=O) groups excluding carboxylic acids is 1. The lowest BCUT2D eigenvalue weighted by atomic mass is 9.43. The van der Waals surface area contributed by atoms with Crippen LogP contribution in [-0.4, -0.2) is 44.9 Å². The highest BCUT2D eigenvalue weighted by Crippen LogP contribution is 2.72. The number of hydrogen-bond acceptors (Lipinski definition) is 5. The molecule has 2 fully saturated rings. The van der Waals surface area contributed by atoms with Crippen molar-refractivity contribution in [1.82, 2.24) is 0 Å². The summed E-state index contributed by atoms with van der Waals surface area (Å²) >= 11 is 0. The molecular formula is C36H56O7. The maximum atomic E-state index is 12.9. The smallest absolute Gasteiger partial charge is 0.309 e. The predicted octanol–water partition coefficient (Wildman–Crippen LogP) is 7.71. The van der Waals surface area contributed by atoms with Crippen LogP contribution in [-0.2, 0) is 19.1 Å². The molecule has 242 valence electrons. The molecule has 7 nitrogen and oxygen atoms in total. The van der Waals surface area contributed by atoms with Crippen molar-refractivity contribution in [3.05, 3.63) is 22.8 Å². The van der Waals surface area contributed by atoms with Crippen LogP contribution in [0.2, 0.25) is 0 Å². The highest BCUT2D eigenvalue weighted by atomic mass is 16.5. The fraction of sp³-hybridized carbons (Fsp3) is 0.806. The van der Waals surface area contributed by atoms with Gasteiger partial charge in [0.25, 0.3) is 0 Å². The van der Waals surface area contributed by atoms with Crippen LogP contribution < -0.4 is 0 Å². The number of esters is 1. The molecule has 4 aliphatic carbocycles. The zero-order valence-corrected chi connectivity index (χ0v) is 27.8. The monoisotopic (exact) mass is 600 g/mol. The molecule has 0 aromatic carbocycles. The zero-order valence-electron chi connectivity index (χ0n) is 27.8. The molecule has 0 spiro atoms. The van der Waals surface area contributed by atoms with Gasteiger partial charge in [-0.25, -0.2) is 0 Å². The summed E-state index contributed by atoms with van der Waals surface area (Å²) in [6, 6.07) is 0. The lowest BCUT2D eigenvalue weighted by Crippen LogP contribution is -2.56. The third-order valence-electron chi connectivity index (χ3n) is 12.9. The Labute approximate surface area is 258 Å². The summed E-state index contributed by atoms with van der Waals surface area (Å²) in [4.78, 5) is 36.6. The quantitative estimate of drug-likeness (QED) is 0.173. The number of rotatable bonds is 10. The van der Waals surface area contributed by atoms with Gasteiger partial charge in [-0.2, -0.15) is 0 Å². The van der Waals surface area contributed by atoms with Crippen LogP contribution in [0.3, 0.4) is 0 Å². The normalized spacial score (nSPS) is 36.8. The van der Waals surface area contributed by atoms with Crippen molar-refractivity contribution in [1.29, 1.82) is 0 Å². The summed E-state index contributed by atoms with van der Waals surface area (Å²) in [5.74, 6) is -2.16. The van der Waals surface area contributed by atoms with Gasteiger partial charge in [0.05, 0.1) is 24.4 Å². The van der Waals surface area contributed by atoms with Crippen LogP contribution in [0.1, 0.15) is 132 Å². The van der Waals surface area contributed by atoms with Crippen LogP contribution in [0, 0.1) is 39.4 Å². The van der Waals surface area contributed by atoms with E-state index in [1.54, 1.807) is 11.1 Å². The first-order valence-corrected chi connectivity index (χ1v) is 16.5. The van der Waals surface area contributed by atoms with E-state index in [0.29, 0.717) is 12.3 Å². The lowest BCUT2D eigenvalue weighted by Gasteiger charge is -2.62. The number of ether oxygens (including phenoxy) is 1. The SMILES string of the molecule is CC(C)=CCCC(C(=O)O)C1CCC2(C)C3=C(CCC12C)C1(C)CCC(OC(=O)CC(C)(O)CC(=O)O)C(C)(C)C1CC3. The maximum absolute atomic E-state index is 12.9. The molecule has 8 atom stereocenters. The van der Waals surface area contributed by atoms with Crippen LogP contribution in [0.5, 0.6) is 0 Å². The van der Waals surface area contributed by atoms with E-state index in [1.807, 2.05) is 0 Å². The molecule has 2 saturated carbocycles. The Kier molecular flexibility index (Phi) is 9.14. The fourth-order valence-corrected chi connectivity index (χ4v) is 10.5. The summed E-state index contributed by atoms with van der Waals surface area (Å²) in [5, 5.41) is 29.9. The number of allylic oxidation sites excluding steroid dienone is 4. The second-order valence-corrected chi connectivity index (χ2v) is 16.2. The second kappa shape index (κ2) is 11.7. The van der Waals surface area contributed by atoms with Crippen LogP contribution in [0.25, 0.3) is 0 Å². The van der Waals surface area contributed by atoms with E-state index in [4.69, 9.17) is 9.84 Å². The van der Waals surface area contributed by atoms with Crippen molar-refractivity contribution in [3.63, 3.8) is 0 Å². The van der Waals surface area contributed by atoms with Gasteiger partial charge < -0.3 is 20.1 Å². The second-order valence-electron chi connectivity index (χ2n) is 16.2. The van der Waals surface area contributed by atoms with Crippen molar-refractivity contribution < 1.29 is 34.4 Å². The molecule has 0 aromatic heterocycles. The number of fused-ring (bicyclic) bond motifs is 4. The molecule has 0 bridgehead atoms. The number of hydrogen-bond donors (Lipinski definition) is 3. The van der Waals surface area contributed by atoms with Gasteiger partial charge in [-0.15, -0.1) is 0 Å². The van der Waals surface area contributed by atoms with Crippen molar-refractivity contribution in [3.8, 4) is 0 Å². The van der Waals surface area contributed by atoms with E-state index in [2.05, 4.69) is 54.5 Å². The van der Waals surface area contributed by atoms with Crippen LogP contribution >= 0.6 is 0 Å². The van der Waals surface area contributed by atoms with E-state index in [-0.39, 0.29) is 46.0 Å². The summed E-state index contributed by atoms with van der Waals surface area (Å²) < 4.78 is 6.00. The van der Waals surface area contributed by atoms with Gasteiger partial charge in [0, 0.05) is 5.41 Å². The van der Waals surface area contributed by atoms with Crippen molar-refractivity contribution in [2.24, 2.45) is 39.4 Å². The summed E-state index contributed by atoms with van der Waals surface area (Å²) in [5.41, 5.74) is 2.43. The first-order chi connectivity index (χ1) is 19.8. The zero-order chi connectivity index (χ0) is 32.2. The molecule has 0 amide bonds. The summed E-state index contributed by atoms with van der Waals surface area (Å²) in [6.45, 7) is 17.2. The summed E-state index contributed by atoms with van der Waals surface area (Å²) in [6.07, 6.45) is 10.2. The number of aliphatic hydroxyl groups is 1. The van der Waals surface area contributed by atoms with Crippen LogP contribution in [0.4, 0.5) is 0 Å². The summed E-state index contributed by atoms with van der Waals surface area (Å²) in [7, 11) is 0. The Morgan fingerprint density at radius 1 is 0.953 bits per heavy atom. The Hall–Kier alpha value is -2.15. The topological polar surface area (TPSA) is 121 Å². The van der Waals surface area contributed by atoms with E-state index in [0.717, 1.165) is 57.8 Å². The minimum atomic E-state index is -1.64. The Morgan fingerprint density at radius 2 is 1.63 bits per heavy atom. The number of aliphatic carboxylic acids is 2. The van der Waals surface area contributed by atoms with Gasteiger partial charge in [0.1, 0.15) is 6.10 Å². The van der Waals surface area contributed by atoms with E-state index >= 15 is 0 Å². The number of carboxylic acid groups (broad SMARTS) is 2. The molecule has 4 aliphatic rings. The highest BCUT2D eigenvalue weighted by Gasteiger charge is 2.64. The highest BCUT2D eigenvalue weighted by molar-refractivity contribution is 5.74. The maximum Gasteiger partial charge on any atom is 0.309 e. The first-order valence-electron chi connectivity index (χ1n) is 16.5. The van der Waals surface area contributed by atoms with Gasteiger partial charge in [0.15, 0.2) is 0 Å². The molecule has 3 N–H and O–H groups in total. The van der Waals surface area contributed by atoms with Crippen molar-refractivity contribution in [2.75, 3.05) is 0 Å². The van der Waals surface area contributed by atoms with Gasteiger partial charge in [-0.1, -0.05) is 57.4 Å². The molecule has 0 radical (unpaired) electrons. The minimum Gasteiger partial charge on any atom is -0.481 e. The number of carbonyl (C=O) groups is 3. The number of carboxylic acids is 2. The molecule has 0 aliphatic heterocycles. The molecule has 4 rings (SSSR count). The Bertz CT molecular complexity index is 1190. The third kappa shape index (κ3) is 5.96. The minimum absolute atomic E-state index is 0.00708. The lowest BCUT2D eigenvalue weighted by molar-refractivity contribution is -0.174. The largest absolute Gasteiger partial charge is 0.481 e. The Balaban J connectivity index is 1.57. The fourth-order valence-electron chi connectivity index (χ4n) is 10.5. The standard InChI is InChI=1S/C36H56O7/c1-22(2)10-9-11-23(31(40)41)24-14-18-36(8)26-12-13-27-32(3,4)28(43-30(39)21-33(5,42)20-29(37)38)16-17-34(27,6)25(26)15-19-35(24,36)7/h10,23-24,27-28,42H,9,11-21H2,1-8H3,(H,37,38)(H,40,41). The average Bonchev–Trinajstić information content (AvgIpc) is 3.13. The molecule has 0 aromatic rings. The van der Waals surface area contributed by atoms with Crippen molar-refractivity contribution >= 4 is 17.9 Å². The van der Waals surface area contributed by atoms with Gasteiger partial charge in [0.2, 0.25) is 0 Å². The molecular weight excluding hydrogens is 544 g/mol. The van der Waals surface area contributed by atoms with Crippen LogP contribution in [0.15, 0.2) is 22.8 Å². The first kappa shape index (κ1) is 33.7. The molecule has 7 heteroatoms. The van der Waals surface area contributed by atoms with Gasteiger partial charge >= 0.3 is 17.9 Å². The van der Waals surface area contributed by atoms with Gasteiger partial charge in [-0.05, 0) is 113 Å². The van der Waals surface area contributed by atoms with E-state index < -0.39 is 29.9 Å². The predicted molar refractivity (Wildman–Crippen MR) is 166 cm³/mol. The third-order valence-corrected chi connectivity index (χ3v) is 12.9. The molecule has 43 heavy (non-hydrogen) atoms. The molecule has 8 unspecified atom stereocenters. The Morgan fingerprint density at radius 3 is 2.23 bits per heavy atom. The van der Waals surface area contributed by atoms with E-state index in [1.165, 1.54) is 12.5 Å². The molecule has 0 heterocycles. The average molecular weight is 601 g/mol. The van der Waals surface area contributed by atoms with E-state index in [9.17, 15) is 24.6 Å². The van der Waals surface area contributed by atoms with Gasteiger partial charge in [-0.3, -0.25) is 14.4 Å². The van der Waals surface area contributed by atoms with Crippen molar-refractivity contribution in [2.45, 2.75) is 144 Å². The molecule has 0 saturated heterocycles.